The molecule has 0 bridgehead atoms. The highest BCUT2D eigenvalue weighted by molar-refractivity contribution is 5.96. The van der Waals surface area contributed by atoms with Crippen molar-refractivity contribution in [1.29, 1.82) is 0 Å². The Morgan fingerprint density at radius 1 is 1.03 bits per heavy atom. The van der Waals surface area contributed by atoms with Gasteiger partial charge in [-0.1, -0.05) is 52.3 Å². The second-order valence-corrected chi connectivity index (χ2v) is 10.4. The zero-order chi connectivity index (χ0) is 26.5. The largest absolute Gasteiger partial charge is 0.497 e. The van der Waals surface area contributed by atoms with Crippen molar-refractivity contribution in [3.05, 3.63) is 65.9 Å². The van der Waals surface area contributed by atoms with Crippen LogP contribution >= 0.6 is 0 Å². The summed E-state index contributed by atoms with van der Waals surface area (Å²) in [5, 5.41) is 10.6. The van der Waals surface area contributed by atoms with Crippen molar-refractivity contribution in [3.63, 3.8) is 0 Å². The van der Waals surface area contributed by atoms with Gasteiger partial charge in [-0.2, -0.15) is 5.10 Å². The molecule has 0 unspecified atom stereocenters. The lowest BCUT2D eigenvalue weighted by Crippen LogP contribution is -2.42. The normalized spacial score (nSPS) is 11.3. The summed E-state index contributed by atoms with van der Waals surface area (Å²) in [6.45, 7) is 12.6. The van der Waals surface area contributed by atoms with Crippen molar-refractivity contribution >= 4 is 23.4 Å². The third-order valence-corrected chi connectivity index (χ3v) is 5.57. The minimum Gasteiger partial charge on any atom is -0.497 e. The van der Waals surface area contributed by atoms with E-state index in [0.29, 0.717) is 18.1 Å². The summed E-state index contributed by atoms with van der Waals surface area (Å²) in [7, 11) is 1.62. The molecule has 8 heteroatoms. The molecule has 3 aromatic rings. The first kappa shape index (κ1) is 26.8. The summed E-state index contributed by atoms with van der Waals surface area (Å²) in [5.74, 6) is 1.17. The Balaban J connectivity index is 1.81. The number of nitrogens with zero attached hydrogens (tertiary/aromatic N) is 3. The van der Waals surface area contributed by atoms with E-state index >= 15 is 0 Å². The molecule has 0 spiro atoms. The lowest BCUT2D eigenvalue weighted by Gasteiger charge is -2.24. The average Bonchev–Trinajstić information content (AvgIpc) is 3.24. The van der Waals surface area contributed by atoms with Crippen LogP contribution in [0.1, 0.15) is 45.9 Å². The van der Waals surface area contributed by atoms with E-state index in [1.807, 2.05) is 75.4 Å². The number of carbonyl (C=O) groups excluding carboxylic acids is 2. The number of hydrogen-bond donors (Lipinski definition) is 2. The number of benzene rings is 2. The van der Waals surface area contributed by atoms with Gasteiger partial charge in [0.25, 0.3) is 0 Å². The lowest BCUT2D eigenvalue weighted by molar-refractivity contribution is -0.116. The number of urea groups is 1. The van der Waals surface area contributed by atoms with Gasteiger partial charge in [0, 0.05) is 23.7 Å². The average molecular weight is 492 g/mol. The molecule has 36 heavy (non-hydrogen) atoms. The summed E-state index contributed by atoms with van der Waals surface area (Å²) in [6, 6.07) is 16.6. The molecule has 0 aliphatic heterocycles. The molecule has 192 valence electrons. The Kier molecular flexibility index (Phi) is 8.40. The van der Waals surface area contributed by atoms with E-state index in [9.17, 15) is 9.59 Å². The molecule has 1 heterocycles. The summed E-state index contributed by atoms with van der Waals surface area (Å²) < 4.78 is 6.97. The first-order chi connectivity index (χ1) is 17.0. The molecule has 0 fully saturated rings. The molecule has 2 N–H and O–H groups in total. The minimum atomic E-state index is -0.318. The van der Waals surface area contributed by atoms with Gasteiger partial charge in [0.2, 0.25) is 5.91 Å². The van der Waals surface area contributed by atoms with Gasteiger partial charge >= 0.3 is 6.03 Å². The smallest absolute Gasteiger partial charge is 0.322 e. The van der Waals surface area contributed by atoms with Gasteiger partial charge in [0.1, 0.15) is 18.1 Å². The zero-order valence-corrected chi connectivity index (χ0v) is 22.3. The first-order valence-electron chi connectivity index (χ1n) is 12.1. The molecule has 3 amide bonds. The number of methoxy groups -OCH3 is 1. The number of anilines is 2. The van der Waals surface area contributed by atoms with Crippen molar-refractivity contribution in [3.8, 4) is 11.4 Å². The third kappa shape index (κ3) is 7.10. The summed E-state index contributed by atoms with van der Waals surface area (Å²) in [4.78, 5) is 27.7. The molecule has 0 aliphatic rings. The van der Waals surface area contributed by atoms with Crippen LogP contribution in [0.25, 0.3) is 5.69 Å². The number of aryl methyl sites for hydroxylation is 1. The monoisotopic (exact) mass is 491 g/mol. The molecular formula is C28H37N5O3. The Morgan fingerprint density at radius 3 is 2.22 bits per heavy atom. The fraction of sp³-hybridized carbons (Fsp3) is 0.393. The molecule has 1 aromatic heterocycles. The minimum absolute atomic E-state index is 0.0888. The van der Waals surface area contributed by atoms with E-state index in [1.54, 1.807) is 11.8 Å². The molecular weight excluding hydrogens is 454 g/mol. The molecule has 0 aliphatic carbocycles. The first-order valence-corrected chi connectivity index (χ1v) is 12.1. The lowest BCUT2D eigenvalue weighted by atomic mass is 9.92. The molecule has 0 saturated heterocycles. The second-order valence-electron chi connectivity index (χ2n) is 10.4. The van der Waals surface area contributed by atoms with Crippen molar-refractivity contribution in [1.82, 2.24) is 14.7 Å². The van der Waals surface area contributed by atoms with Crippen molar-refractivity contribution in [2.75, 3.05) is 30.8 Å². The Bertz CT molecular complexity index is 1180. The van der Waals surface area contributed by atoms with Crippen LogP contribution in [0.4, 0.5) is 16.3 Å². The number of ether oxygens (including phenoxy) is 1. The topological polar surface area (TPSA) is 88.5 Å². The molecule has 0 atom stereocenters. The zero-order valence-electron chi connectivity index (χ0n) is 22.3. The maximum absolute atomic E-state index is 13.2. The number of aromatic nitrogens is 2. The number of hydrogen-bond acceptors (Lipinski definition) is 4. The van der Waals surface area contributed by atoms with Gasteiger partial charge in [0.05, 0.1) is 18.5 Å². The Morgan fingerprint density at radius 2 is 1.67 bits per heavy atom. The highest BCUT2D eigenvalue weighted by Crippen LogP contribution is 2.27. The molecule has 0 radical (unpaired) electrons. The van der Waals surface area contributed by atoms with Crippen LogP contribution in [0.3, 0.4) is 0 Å². The predicted octanol–water partition coefficient (Wildman–Crippen LogP) is 5.62. The quantitative estimate of drug-likeness (QED) is 0.428. The van der Waals surface area contributed by atoms with E-state index in [2.05, 4.69) is 31.4 Å². The summed E-state index contributed by atoms with van der Waals surface area (Å²) in [5.41, 5.74) is 3.21. The van der Waals surface area contributed by atoms with Gasteiger partial charge in [-0.25, -0.2) is 9.48 Å². The predicted molar refractivity (Wildman–Crippen MR) is 144 cm³/mol. The SMILES string of the molecule is COc1ccc(-n2nc(C(C)(C)C)cc2NC(=O)CN(CC(C)C)C(=O)Nc2ccc(C)cc2)cc1. The van der Waals surface area contributed by atoms with E-state index < -0.39 is 0 Å². The van der Waals surface area contributed by atoms with Gasteiger partial charge in [0.15, 0.2) is 0 Å². The molecule has 2 aromatic carbocycles. The van der Waals surface area contributed by atoms with Crippen LogP contribution < -0.4 is 15.4 Å². The van der Waals surface area contributed by atoms with E-state index in [4.69, 9.17) is 9.84 Å². The highest BCUT2D eigenvalue weighted by atomic mass is 16.5. The van der Waals surface area contributed by atoms with Crippen LogP contribution in [0.5, 0.6) is 5.75 Å². The number of nitrogens with one attached hydrogen (secondary N) is 2. The maximum atomic E-state index is 13.2. The van der Waals surface area contributed by atoms with Crippen LogP contribution in [0.2, 0.25) is 0 Å². The number of amides is 3. The van der Waals surface area contributed by atoms with Gasteiger partial charge in [-0.05, 0) is 49.2 Å². The van der Waals surface area contributed by atoms with E-state index in [1.165, 1.54) is 4.90 Å². The standard InChI is InChI=1S/C28H37N5O3/c1-19(2)17-32(27(35)29-21-10-8-20(3)9-11-21)18-26(34)30-25-16-24(28(4,5)6)31-33(25)22-12-14-23(36-7)15-13-22/h8-16,19H,17-18H2,1-7H3,(H,29,35)(H,30,34). The van der Waals surface area contributed by atoms with E-state index in [-0.39, 0.29) is 29.8 Å². The summed E-state index contributed by atoms with van der Waals surface area (Å²) in [6.07, 6.45) is 0. The van der Waals surface area contributed by atoms with Crippen molar-refractivity contribution < 1.29 is 14.3 Å². The van der Waals surface area contributed by atoms with E-state index in [0.717, 1.165) is 22.7 Å². The Hall–Kier alpha value is -3.81. The number of carbonyl (C=O) groups is 2. The van der Waals surface area contributed by atoms with Crippen molar-refractivity contribution in [2.24, 2.45) is 5.92 Å². The molecule has 8 nitrogen and oxygen atoms in total. The fourth-order valence-corrected chi connectivity index (χ4v) is 3.61. The van der Waals surface area contributed by atoms with Crippen LogP contribution in [-0.4, -0.2) is 46.8 Å². The Labute approximate surface area is 213 Å². The van der Waals surface area contributed by atoms with Crippen LogP contribution in [0.15, 0.2) is 54.6 Å². The van der Waals surface area contributed by atoms with Gasteiger partial charge in [-0.3, -0.25) is 4.79 Å². The van der Waals surface area contributed by atoms with Crippen LogP contribution in [-0.2, 0) is 10.2 Å². The van der Waals surface area contributed by atoms with Gasteiger partial charge < -0.3 is 20.3 Å². The van der Waals surface area contributed by atoms with Gasteiger partial charge in [-0.15, -0.1) is 0 Å². The van der Waals surface area contributed by atoms with Crippen LogP contribution in [0, 0.1) is 12.8 Å². The second kappa shape index (κ2) is 11.3. The molecule has 3 rings (SSSR count). The third-order valence-electron chi connectivity index (χ3n) is 5.57. The number of rotatable bonds is 8. The maximum Gasteiger partial charge on any atom is 0.322 e. The van der Waals surface area contributed by atoms with Crippen molar-refractivity contribution in [2.45, 2.75) is 47.0 Å². The fourth-order valence-electron chi connectivity index (χ4n) is 3.61. The molecule has 0 saturated carbocycles. The highest BCUT2D eigenvalue weighted by Gasteiger charge is 2.23. The summed E-state index contributed by atoms with van der Waals surface area (Å²) >= 11 is 0.